The van der Waals surface area contributed by atoms with Crippen LogP contribution in [0.5, 0.6) is 0 Å². The molecule has 132 valence electrons. The van der Waals surface area contributed by atoms with Crippen LogP contribution >= 0.6 is 0 Å². The summed E-state index contributed by atoms with van der Waals surface area (Å²) in [5, 5.41) is 31.9. The average molecular weight is 322 g/mol. The Morgan fingerprint density at radius 3 is 2.22 bits per heavy atom. The lowest BCUT2D eigenvalue weighted by Crippen LogP contribution is -2.59. The van der Waals surface area contributed by atoms with Crippen LogP contribution in [-0.4, -0.2) is 33.1 Å². The van der Waals surface area contributed by atoms with Crippen LogP contribution in [-0.2, 0) is 0 Å². The molecule has 0 aromatic heterocycles. The van der Waals surface area contributed by atoms with Crippen molar-refractivity contribution in [3.8, 4) is 0 Å². The molecule has 0 aromatic carbocycles. The molecule has 4 saturated carbocycles. The monoisotopic (exact) mass is 322 g/mol. The maximum Gasteiger partial charge on any atom is 0.0675 e. The van der Waals surface area contributed by atoms with Gasteiger partial charge in [-0.2, -0.15) is 0 Å². The highest BCUT2D eigenvalue weighted by Gasteiger charge is 2.64. The van der Waals surface area contributed by atoms with Gasteiger partial charge in [0.05, 0.1) is 17.8 Å². The Hall–Kier alpha value is -0.120. The van der Waals surface area contributed by atoms with Crippen molar-refractivity contribution >= 4 is 0 Å². The summed E-state index contributed by atoms with van der Waals surface area (Å²) in [4.78, 5) is 0. The Balaban J connectivity index is 1.68. The van der Waals surface area contributed by atoms with Crippen LogP contribution in [0.1, 0.15) is 72.1 Å². The van der Waals surface area contributed by atoms with E-state index in [4.69, 9.17) is 0 Å². The number of fused-ring (bicyclic) bond motifs is 5. The van der Waals surface area contributed by atoms with Gasteiger partial charge in [-0.05, 0) is 92.8 Å². The van der Waals surface area contributed by atoms with Crippen LogP contribution in [0, 0.1) is 34.5 Å². The Labute approximate surface area is 140 Å². The van der Waals surface area contributed by atoms with Crippen LogP contribution < -0.4 is 0 Å². The van der Waals surface area contributed by atoms with Gasteiger partial charge in [-0.1, -0.05) is 13.8 Å². The minimum Gasteiger partial charge on any atom is -0.393 e. The molecule has 23 heavy (non-hydrogen) atoms. The maximum absolute atomic E-state index is 10.9. The number of aliphatic hydroxyl groups is 3. The second kappa shape index (κ2) is 4.95. The molecule has 4 rings (SSSR count). The standard InChI is InChI=1S/C20H34O3/c1-18-7-4-12(21)10-16(18)17(22)11-13-14(18)5-8-19(2)15(13)6-9-20(19,3)23/h12-17,21-23H,4-11H2,1-3H3/t12-,13?,14?,15?,16+,17+,18+,19-,20-/m0/s1. The van der Waals surface area contributed by atoms with Gasteiger partial charge in [0.25, 0.3) is 0 Å². The van der Waals surface area contributed by atoms with Gasteiger partial charge in [-0.3, -0.25) is 0 Å². The summed E-state index contributed by atoms with van der Waals surface area (Å²) in [5.41, 5.74) is -0.350. The maximum atomic E-state index is 10.9. The molecule has 4 aliphatic carbocycles. The van der Waals surface area contributed by atoms with Gasteiger partial charge >= 0.3 is 0 Å². The molecule has 9 atom stereocenters. The molecule has 4 fully saturated rings. The second-order valence-corrected chi connectivity index (χ2v) is 9.99. The number of hydrogen-bond acceptors (Lipinski definition) is 3. The van der Waals surface area contributed by atoms with E-state index in [1.54, 1.807) is 0 Å². The molecule has 0 radical (unpaired) electrons. The van der Waals surface area contributed by atoms with Crippen molar-refractivity contribution in [1.82, 2.24) is 0 Å². The van der Waals surface area contributed by atoms with E-state index < -0.39 is 5.60 Å². The van der Waals surface area contributed by atoms with Gasteiger partial charge in [0, 0.05) is 0 Å². The van der Waals surface area contributed by atoms with E-state index in [-0.39, 0.29) is 29.0 Å². The van der Waals surface area contributed by atoms with E-state index in [0.29, 0.717) is 17.8 Å². The molecule has 0 saturated heterocycles. The zero-order chi connectivity index (χ0) is 16.6. The van der Waals surface area contributed by atoms with E-state index in [1.165, 1.54) is 6.42 Å². The van der Waals surface area contributed by atoms with Gasteiger partial charge < -0.3 is 15.3 Å². The Bertz CT molecular complexity index is 489. The van der Waals surface area contributed by atoms with E-state index in [9.17, 15) is 15.3 Å². The van der Waals surface area contributed by atoms with Gasteiger partial charge in [0.15, 0.2) is 0 Å². The molecule has 0 heterocycles. The van der Waals surface area contributed by atoms with Crippen LogP contribution in [0.3, 0.4) is 0 Å². The Morgan fingerprint density at radius 2 is 1.48 bits per heavy atom. The third-order valence-electron chi connectivity index (χ3n) is 9.21. The topological polar surface area (TPSA) is 60.7 Å². The van der Waals surface area contributed by atoms with Crippen molar-refractivity contribution in [1.29, 1.82) is 0 Å². The first kappa shape index (κ1) is 16.4. The van der Waals surface area contributed by atoms with E-state index in [1.807, 2.05) is 6.92 Å². The molecular weight excluding hydrogens is 288 g/mol. The fourth-order valence-electron chi connectivity index (χ4n) is 7.52. The molecule has 3 heteroatoms. The predicted octanol–water partition coefficient (Wildman–Crippen LogP) is 3.11. The molecule has 0 bridgehead atoms. The predicted molar refractivity (Wildman–Crippen MR) is 89.7 cm³/mol. The fourth-order valence-corrected chi connectivity index (χ4v) is 7.52. The number of hydrogen-bond donors (Lipinski definition) is 3. The molecule has 3 N–H and O–H groups in total. The molecule has 4 aliphatic rings. The summed E-state index contributed by atoms with van der Waals surface area (Å²) < 4.78 is 0. The molecule has 0 amide bonds. The van der Waals surface area contributed by atoms with Crippen molar-refractivity contribution in [2.45, 2.75) is 89.9 Å². The lowest BCUT2D eigenvalue weighted by molar-refractivity contribution is -0.185. The van der Waals surface area contributed by atoms with Crippen molar-refractivity contribution in [3.63, 3.8) is 0 Å². The minimum absolute atomic E-state index is 0.0191. The zero-order valence-electron chi connectivity index (χ0n) is 15.0. The van der Waals surface area contributed by atoms with Gasteiger partial charge in [0.2, 0.25) is 0 Å². The first-order valence-corrected chi connectivity index (χ1v) is 9.77. The molecular formula is C20H34O3. The van der Waals surface area contributed by atoms with Gasteiger partial charge in [-0.25, -0.2) is 0 Å². The van der Waals surface area contributed by atoms with Crippen LogP contribution in [0.4, 0.5) is 0 Å². The van der Waals surface area contributed by atoms with Crippen molar-refractivity contribution in [2.24, 2.45) is 34.5 Å². The smallest absolute Gasteiger partial charge is 0.0675 e. The summed E-state index contributed by atoms with van der Waals surface area (Å²) in [5.74, 6) is 2.03. The highest BCUT2D eigenvalue weighted by atomic mass is 16.3. The highest BCUT2D eigenvalue weighted by molar-refractivity contribution is 5.14. The average Bonchev–Trinajstić information content (AvgIpc) is 2.72. The van der Waals surface area contributed by atoms with Gasteiger partial charge in [-0.15, -0.1) is 0 Å². The van der Waals surface area contributed by atoms with Crippen molar-refractivity contribution < 1.29 is 15.3 Å². The summed E-state index contributed by atoms with van der Waals surface area (Å²) in [6.45, 7) is 6.72. The third-order valence-corrected chi connectivity index (χ3v) is 9.21. The normalized spacial score (nSPS) is 62.3. The summed E-state index contributed by atoms with van der Waals surface area (Å²) in [6.07, 6.45) is 7.43. The number of aliphatic hydroxyl groups excluding tert-OH is 2. The van der Waals surface area contributed by atoms with Crippen molar-refractivity contribution in [3.05, 3.63) is 0 Å². The molecule has 3 unspecified atom stereocenters. The van der Waals surface area contributed by atoms with Gasteiger partial charge in [0.1, 0.15) is 0 Å². The van der Waals surface area contributed by atoms with Crippen LogP contribution in [0.25, 0.3) is 0 Å². The van der Waals surface area contributed by atoms with Crippen LogP contribution in [0.15, 0.2) is 0 Å². The quantitative estimate of drug-likeness (QED) is 0.642. The fraction of sp³-hybridized carbons (Fsp3) is 1.00. The first-order valence-electron chi connectivity index (χ1n) is 9.77. The lowest BCUT2D eigenvalue weighted by Gasteiger charge is -2.62. The Morgan fingerprint density at radius 1 is 0.783 bits per heavy atom. The van der Waals surface area contributed by atoms with E-state index >= 15 is 0 Å². The number of rotatable bonds is 0. The first-order chi connectivity index (χ1) is 10.7. The van der Waals surface area contributed by atoms with Crippen molar-refractivity contribution in [2.75, 3.05) is 0 Å². The minimum atomic E-state index is -0.548. The summed E-state index contributed by atoms with van der Waals surface area (Å²) in [7, 11) is 0. The summed E-state index contributed by atoms with van der Waals surface area (Å²) >= 11 is 0. The lowest BCUT2D eigenvalue weighted by atomic mass is 9.44. The molecule has 0 aliphatic heterocycles. The zero-order valence-corrected chi connectivity index (χ0v) is 15.0. The molecule has 3 nitrogen and oxygen atoms in total. The Kier molecular flexibility index (Phi) is 3.52. The van der Waals surface area contributed by atoms with E-state index in [0.717, 1.165) is 44.9 Å². The van der Waals surface area contributed by atoms with Crippen LogP contribution in [0.2, 0.25) is 0 Å². The largest absolute Gasteiger partial charge is 0.393 e. The third kappa shape index (κ3) is 2.05. The van der Waals surface area contributed by atoms with E-state index in [2.05, 4.69) is 13.8 Å². The second-order valence-electron chi connectivity index (χ2n) is 9.99. The SMILES string of the molecule is C[C@]1(O)CCC2C3C[C@@H](O)[C@H]4C[C@@H](O)CC[C@]4(C)C3CC[C@@]21C. The molecule has 0 spiro atoms. The summed E-state index contributed by atoms with van der Waals surface area (Å²) in [6, 6.07) is 0. The highest BCUT2D eigenvalue weighted by Crippen LogP contribution is 2.68. The molecule has 0 aromatic rings.